The summed E-state index contributed by atoms with van der Waals surface area (Å²) in [5.41, 5.74) is 1.53. The first-order valence-electron chi connectivity index (χ1n) is 8.63. The zero-order valence-corrected chi connectivity index (χ0v) is 13.5. The van der Waals surface area contributed by atoms with Crippen molar-refractivity contribution in [3.8, 4) is 0 Å². The molecule has 1 aliphatic carbocycles. The van der Waals surface area contributed by atoms with Crippen LogP contribution in [0.5, 0.6) is 0 Å². The average molecular weight is 293 g/mol. The average Bonchev–Trinajstić information content (AvgIpc) is 2.50. The quantitative estimate of drug-likeness (QED) is 0.706. The van der Waals surface area contributed by atoms with E-state index in [9.17, 15) is 4.79 Å². The van der Waals surface area contributed by atoms with Crippen molar-refractivity contribution in [3.63, 3.8) is 0 Å². The summed E-state index contributed by atoms with van der Waals surface area (Å²) >= 11 is 0. The molecule has 120 valence electrons. The molecule has 4 nitrogen and oxygen atoms in total. The molecule has 1 aliphatic heterocycles. The monoisotopic (exact) mass is 293 g/mol. The van der Waals surface area contributed by atoms with Gasteiger partial charge < -0.3 is 10.6 Å². The molecule has 0 spiro atoms. The highest BCUT2D eigenvalue weighted by Crippen LogP contribution is 2.19. The largest absolute Gasteiger partial charge is 0.355 e. The molecule has 2 aliphatic rings. The lowest BCUT2D eigenvalue weighted by atomic mass is 9.97. The molecule has 0 aromatic carbocycles. The lowest BCUT2D eigenvalue weighted by Crippen LogP contribution is -2.49. The van der Waals surface area contributed by atoms with Gasteiger partial charge in [-0.1, -0.05) is 18.1 Å². The molecule has 0 aromatic heterocycles. The van der Waals surface area contributed by atoms with E-state index in [0.717, 1.165) is 26.1 Å². The van der Waals surface area contributed by atoms with Crippen LogP contribution in [0.4, 0.5) is 0 Å². The molecule has 4 heteroatoms. The number of nitrogens with one attached hydrogen (secondary N) is 2. The first kappa shape index (κ1) is 16.5. The second-order valence-corrected chi connectivity index (χ2v) is 6.39. The Morgan fingerprint density at radius 2 is 2.24 bits per heavy atom. The number of amides is 1. The molecule has 0 bridgehead atoms. The number of hydrogen-bond acceptors (Lipinski definition) is 3. The third-order valence-corrected chi connectivity index (χ3v) is 4.69. The minimum absolute atomic E-state index is 0.189. The van der Waals surface area contributed by atoms with Gasteiger partial charge in [-0.15, -0.1) is 0 Å². The predicted octanol–water partition coefficient (Wildman–Crippen LogP) is 2.07. The summed E-state index contributed by atoms with van der Waals surface area (Å²) in [6, 6.07) is 0.524. The van der Waals surface area contributed by atoms with Crippen molar-refractivity contribution >= 4 is 5.91 Å². The topological polar surface area (TPSA) is 44.4 Å². The molecule has 2 rings (SSSR count). The van der Waals surface area contributed by atoms with Gasteiger partial charge in [0.15, 0.2) is 0 Å². The number of likely N-dealkylation sites (N-methyl/N-ethyl adjacent to an activating group) is 1. The first-order valence-corrected chi connectivity index (χ1v) is 8.63. The molecule has 0 radical (unpaired) electrons. The van der Waals surface area contributed by atoms with Gasteiger partial charge in [0.2, 0.25) is 5.91 Å². The maximum absolute atomic E-state index is 12.1. The fourth-order valence-corrected chi connectivity index (χ4v) is 3.47. The van der Waals surface area contributed by atoms with Crippen LogP contribution >= 0.6 is 0 Å². The molecular weight excluding hydrogens is 262 g/mol. The lowest BCUT2D eigenvalue weighted by molar-refractivity contribution is -0.123. The molecule has 1 heterocycles. The molecule has 1 amide bonds. The Morgan fingerprint density at radius 1 is 1.33 bits per heavy atom. The Morgan fingerprint density at radius 3 is 3.00 bits per heavy atom. The molecule has 21 heavy (non-hydrogen) atoms. The number of allylic oxidation sites excluding steroid dienone is 1. The van der Waals surface area contributed by atoms with Crippen LogP contribution in [0.25, 0.3) is 0 Å². The second kappa shape index (κ2) is 9.21. The highest BCUT2D eigenvalue weighted by Gasteiger charge is 2.23. The van der Waals surface area contributed by atoms with Crippen LogP contribution < -0.4 is 10.6 Å². The van der Waals surface area contributed by atoms with E-state index in [4.69, 9.17) is 0 Å². The van der Waals surface area contributed by atoms with Gasteiger partial charge in [-0.05, 0) is 58.5 Å². The Labute approximate surface area is 129 Å². The Bertz CT molecular complexity index is 352. The van der Waals surface area contributed by atoms with Gasteiger partial charge in [-0.25, -0.2) is 0 Å². The molecule has 0 saturated carbocycles. The van der Waals surface area contributed by atoms with Gasteiger partial charge in [-0.2, -0.15) is 0 Å². The van der Waals surface area contributed by atoms with Gasteiger partial charge in [-0.3, -0.25) is 9.69 Å². The fourth-order valence-electron chi connectivity index (χ4n) is 3.47. The van der Waals surface area contributed by atoms with E-state index in [0.29, 0.717) is 12.6 Å². The molecule has 1 unspecified atom stereocenters. The number of hydrogen-bond donors (Lipinski definition) is 2. The highest BCUT2D eigenvalue weighted by atomic mass is 16.2. The van der Waals surface area contributed by atoms with E-state index < -0.39 is 0 Å². The minimum Gasteiger partial charge on any atom is -0.355 e. The predicted molar refractivity (Wildman–Crippen MR) is 87.3 cm³/mol. The Balaban J connectivity index is 1.66. The van der Waals surface area contributed by atoms with E-state index in [2.05, 4.69) is 21.6 Å². The van der Waals surface area contributed by atoms with E-state index in [1.165, 1.54) is 50.5 Å². The van der Waals surface area contributed by atoms with Crippen LogP contribution in [-0.4, -0.2) is 50.1 Å². The minimum atomic E-state index is 0.189. The highest BCUT2D eigenvalue weighted by molar-refractivity contribution is 5.78. The summed E-state index contributed by atoms with van der Waals surface area (Å²) in [5.74, 6) is 0.189. The Hall–Kier alpha value is -0.870. The molecule has 1 atom stereocenters. The standard InChI is InChI=1S/C17H31N3O/c1-18-13-16-9-5-6-12-20(16)14-17(21)19-11-10-15-7-3-2-4-8-15/h7,16,18H,2-6,8-14H2,1H3,(H,19,21). The number of carbonyl (C=O) groups excluding carboxylic acids is 1. The fraction of sp³-hybridized carbons (Fsp3) is 0.824. The van der Waals surface area contributed by atoms with Crippen molar-refractivity contribution < 1.29 is 4.79 Å². The van der Waals surface area contributed by atoms with Crippen molar-refractivity contribution in [2.45, 2.75) is 57.4 Å². The number of rotatable bonds is 7. The molecule has 2 N–H and O–H groups in total. The van der Waals surface area contributed by atoms with Crippen molar-refractivity contribution in [2.75, 3.05) is 33.2 Å². The van der Waals surface area contributed by atoms with Crippen LogP contribution in [0.2, 0.25) is 0 Å². The van der Waals surface area contributed by atoms with Crippen LogP contribution in [0.1, 0.15) is 51.4 Å². The van der Waals surface area contributed by atoms with Crippen LogP contribution in [-0.2, 0) is 4.79 Å². The van der Waals surface area contributed by atoms with E-state index in [1.54, 1.807) is 0 Å². The number of nitrogens with zero attached hydrogens (tertiary/aromatic N) is 1. The molecule has 0 aromatic rings. The summed E-state index contributed by atoms with van der Waals surface area (Å²) in [5, 5.41) is 6.34. The smallest absolute Gasteiger partial charge is 0.234 e. The van der Waals surface area contributed by atoms with Gasteiger partial charge in [0.25, 0.3) is 0 Å². The van der Waals surface area contributed by atoms with Crippen molar-refractivity contribution in [2.24, 2.45) is 0 Å². The van der Waals surface area contributed by atoms with Gasteiger partial charge in [0.1, 0.15) is 0 Å². The van der Waals surface area contributed by atoms with Crippen LogP contribution in [0, 0.1) is 0 Å². The number of piperidine rings is 1. The summed E-state index contributed by atoms with van der Waals surface area (Å²) in [6.07, 6.45) is 12.2. The maximum Gasteiger partial charge on any atom is 0.234 e. The maximum atomic E-state index is 12.1. The van der Waals surface area contributed by atoms with E-state index in [-0.39, 0.29) is 5.91 Å². The van der Waals surface area contributed by atoms with Crippen molar-refractivity contribution in [3.05, 3.63) is 11.6 Å². The normalized spacial score (nSPS) is 23.7. The third-order valence-electron chi connectivity index (χ3n) is 4.69. The van der Waals surface area contributed by atoms with Crippen molar-refractivity contribution in [1.82, 2.24) is 15.5 Å². The summed E-state index contributed by atoms with van der Waals surface area (Å²) in [7, 11) is 1.99. The van der Waals surface area contributed by atoms with Crippen LogP contribution in [0.15, 0.2) is 11.6 Å². The second-order valence-electron chi connectivity index (χ2n) is 6.39. The number of carbonyl (C=O) groups is 1. The molecular formula is C17H31N3O. The number of likely N-dealkylation sites (tertiary alicyclic amines) is 1. The van der Waals surface area contributed by atoms with Crippen molar-refractivity contribution in [1.29, 1.82) is 0 Å². The lowest BCUT2D eigenvalue weighted by Gasteiger charge is -2.35. The van der Waals surface area contributed by atoms with Gasteiger partial charge in [0.05, 0.1) is 6.54 Å². The summed E-state index contributed by atoms with van der Waals surface area (Å²) < 4.78 is 0. The third kappa shape index (κ3) is 5.79. The summed E-state index contributed by atoms with van der Waals surface area (Å²) in [4.78, 5) is 14.5. The van der Waals surface area contributed by atoms with E-state index >= 15 is 0 Å². The van der Waals surface area contributed by atoms with Crippen LogP contribution in [0.3, 0.4) is 0 Å². The van der Waals surface area contributed by atoms with Gasteiger partial charge >= 0.3 is 0 Å². The molecule has 1 saturated heterocycles. The first-order chi connectivity index (χ1) is 10.3. The zero-order chi connectivity index (χ0) is 14.9. The van der Waals surface area contributed by atoms with E-state index in [1.807, 2.05) is 7.05 Å². The zero-order valence-electron chi connectivity index (χ0n) is 13.5. The molecule has 1 fully saturated rings. The summed E-state index contributed by atoms with van der Waals surface area (Å²) in [6.45, 7) is 3.41. The van der Waals surface area contributed by atoms with Gasteiger partial charge in [0, 0.05) is 19.1 Å². The Kier molecular flexibility index (Phi) is 7.24. The SMILES string of the molecule is CNCC1CCCCN1CC(=O)NCCC1=CCCCC1.